The van der Waals surface area contributed by atoms with Gasteiger partial charge in [0.05, 0.1) is 6.07 Å². The molecule has 15 heavy (non-hydrogen) atoms. The number of unbranched alkanes of at least 4 members (excludes halogenated alkanes) is 2. The minimum absolute atomic E-state index is 0.593. The number of nitrogens with one attached hydrogen (secondary N) is 1. The lowest BCUT2D eigenvalue weighted by Crippen LogP contribution is -2.29. The molecular weight excluding hydrogens is 204 g/mol. The molecule has 0 bridgehead atoms. The SMILES string of the molecule is CC(C)CSCC(C)NCCCCC#N. The van der Waals surface area contributed by atoms with Crippen LogP contribution >= 0.6 is 11.8 Å². The topological polar surface area (TPSA) is 35.8 Å². The van der Waals surface area contributed by atoms with E-state index in [4.69, 9.17) is 5.26 Å². The van der Waals surface area contributed by atoms with Crippen molar-refractivity contribution in [3.8, 4) is 6.07 Å². The molecule has 0 aromatic heterocycles. The van der Waals surface area contributed by atoms with Crippen molar-refractivity contribution in [2.24, 2.45) is 5.92 Å². The maximum atomic E-state index is 8.37. The summed E-state index contributed by atoms with van der Waals surface area (Å²) in [4.78, 5) is 0. The molecule has 1 unspecified atom stereocenters. The lowest BCUT2D eigenvalue weighted by Gasteiger charge is -2.13. The maximum absolute atomic E-state index is 8.37. The molecule has 0 fully saturated rings. The first kappa shape index (κ1) is 14.8. The standard InChI is InChI=1S/C12H24N2S/c1-11(2)9-15-10-12(3)14-8-6-4-5-7-13/h11-12,14H,4-6,8-10H2,1-3H3. The van der Waals surface area contributed by atoms with E-state index < -0.39 is 0 Å². The van der Waals surface area contributed by atoms with E-state index in [1.54, 1.807) is 0 Å². The quantitative estimate of drug-likeness (QED) is 0.616. The van der Waals surface area contributed by atoms with Crippen LogP contribution in [0.15, 0.2) is 0 Å². The highest BCUT2D eigenvalue weighted by atomic mass is 32.2. The Morgan fingerprint density at radius 2 is 1.93 bits per heavy atom. The van der Waals surface area contributed by atoms with Crippen LogP contribution in [0, 0.1) is 17.2 Å². The van der Waals surface area contributed by atoms with Crippen LogP contribution in [0.5, 0.6) is 0 Å². The molecule has 0 aromatic rings. The zero-order valence-electron chi connectivity index (χ0n) is 10.3. The summed E-state index contributed by atoms with van der Waals surface area (Å²) in [5.74, 6) is 3.23. The first-order valence-corrected chi connectivity index (χ1v) is 7.00. The van der Waals surface area contributed by atoms with E-state index >= 15 is 0 Å². The van der Waals surface area contributed by atoms with Crippen molar-refractivity contribution in [2.75, 3.05) is 18.1 Å². The second-order valence-electron chi connectivity index (χ2n) is 4.40. The molecule has 0 aliphatic rings. The molecule has 0 aliphatic heterocycles. The van der Waals surface area contributed by atoms with Gasteiger partial charge < -0.3 is 5.32 Å². The van der Waals surface area contributed by atoms with Gasteiger partial charge >= 0.3 is 0 Å². The van der Waals surface area contributed by atoms with Crippen LogP contribution in [0.4, 0.5) is 0 Å². The number of thioether (sulfide) groups is 1. The van der Waals surface area contributed by atoms with Gasteiger partial charge in [0.25, 0.3) is 0 Å². The van der Waals surface area contributed by atoms with Gasteiger partial charge in [-0.2, -0.15) is 17.0 Å². The van der Waals surface area contributed by atoms with E-state index in [9.17, 15) is 0 Å². The van der Waals surface area contributed by atoms with Crippen molar-refractivity contribution in [2.45, 2.75) is 46.1 Å². The summed E-state index contributed by atoms with van der Waals surface area (Å²) < 4.78 is 0. The van der Waals surface area contributed by atoms with Crippen LogP contribution in [-0.4, -0.2) is 24.1 Å². The monoisotopic (exact) mass is 228 g/mol. The molecule has 0 saturated carbocycles. The maximum Gasteiger partial charge on any atom is 0.0621 e. The molecule has 88 valence electrons. The Labute approximate surface area is 98.8 Å². The minimum atomic E-state index is 0.593. The van der Waals surface area contributed by atoms with Crippen LogP contribution < -0.4 is 5.32 Å². The van der Waals surface area contributed by atoms with Crippen LogP contribution in [-0.2, 0) is 0 Å². The first-order chi connectivity index (χ1) is 7.16. The summed E-state index contributed by atoms with van der Waals surface area (Å²) in [7, 11) is 0. The third-order valence-electron chi connectivity index (χ3n) is 2.03. The fourth-order valence-corrected chi connectivity index (χ4v) is 2.30. The number of rotatable bonds is 9. The van der Waals surface area contributed by atoms with E-state index in [-0.39, 0.29) is 0 Å². The Hall–Kier alpha value is -0.200. The lowest BCUT2D eigenvalue weighted by atomic mass is 10.2. The fourth-order valence-electron chi connectivity index (χ4n) is 1.22. The largest absolute Gasteiger partial charge is 0.313 e. The Morgan fingerprint density at radius 3 is 2.53 bits per heavy atom. The summed E-state index contributed by atoms with van der Waals surface area (Å²) in [6.45, 7) is 7.79. The Balaban J connectivity index is 3.19. The molecule has 3 heteroatoms. The minimum Gasteiger partial charge on any atom is -0.313 e. The lowest BCUT2D eigenvalue weighted by molar-refractivity contribution is 0.565. The molecule has 0 aromatic carbocycles. The number of nitrogens with zero attached hydrogens (tertiary/aromatic N) is 1. The zero-order valence-corrected chi connectivity index (χ0v) is 11.1. The van der Waals surface area contributed by atoms with Gasteiger partial charge in [-0.3, -0.25) is 0 Å². The van der Waals surface area contributed by atoms with Crippen LogP contribution in [0.2, 0.25) is 0 Å². The van der Waals surface area contributed by atoms with Gasteiger partial charge in [-0.15, -0.1) is 0 Å². The average molecular weight is 228 g/mol. The summed E-state index contributed by atoms with van der Waals surface area (Å²) in [5.41, 5.74) is 0. The van der Waals surface area contributed by atoms with Gasteiger partial charge in [-0.1, -0.05) is 13.8 Å². The predicted octanol–water partition coefficient (Wildman–Crippen LogP) is 3.05. The van der Waals surface area contributed by atoms with Gasteiger partial charge in [0.1, 0.15) is 0 Å². The highest BCUT2D eigenvalue weighted by molar-refractivity contribution is 7.99. The third-order valence-corrected chi connectivity index (χ3v) is 3.67. The molecule has 0 spiro atoms. The van der Waals surface area contributed by atoms with Crippen molar-refractivity contribution in [1.82, 2.24) is 5.32 Å². The molecule has 2 nitrogen and oxygen atoms in total. The second kappa shape index (κ2) is 10.3. The third kappa shape index (κ3) is 11.7. The van der Waals surface area contributed by atoms with Crippen molar-refractivity contribution in [3.63, 3.8) is 0 Å². The summed E-state index contributed by atoms with van der Waals surface area (Å²) in [5, 5.41) is 11.9. The summed E-state index contributed by atoms with van der Waals surface area (Å²) >= 11 is 2.02. The Kier molecular flexibility index (Phi) is 10.2. The van der Waals surface area contributed by atoms with Gasteiger partial charge in [0, 0.05) is 18.2 Å². The number of hydrogen-bond donors (Lipinski definition) is 1. The van der Waals surface area contributed by atoms with Crippen molar-refractivity contribution in [1.29, 1.82) is 5.26 Å². The van der Waals surface area contributed by atoms with Crippen molar-refractivity contribution < 1.29 is 0 Å². The van der Waals surface area contributed by atoms with Gasteiger partial charge in [0.15, 0.2) is 0 Å². The number of hydrogen-bond acceptors (Lipinski definition) is 3. The van der Waals surface area contributed by atoms with E-state index in [1.807, 2.05) is 11.8 Å². The van der Waals surface area contributed by atoms with Gasteiger partial charge in [-0.05, 0) is 38.0 Å². The molecule has 0 rings (SSSR count). The smallest absolute Gasteiger partial charge is 0.0621 e. The first-order valence-electron chi connectivity index (χ1n) is 5.85. The highest BCUT2D eigenvalue weighted by Crippen LogP contribution is 2.08. The Morgan fingerprint density at radius 1 is 1.20 bits per heavy atom. The van der Waals surface area contributed by atoms with Crippen LogP contribution in [0.3, 0.4) is 0 Å². The molecule has 0 aliphatic carbocycles. The summed E-state index contributed by atoms with van der Waals surface area (Å²) in [6, 6.07) is 2.76. The van der Waals surface area contributed by atoms with E-state index in [2.05, 4.69) is 32.2 Å². The van der Waals surface area contributed by atoms with Crippen molar-refractivity contribution in [3.05, 3.63) is 0 Å². The summed E-state index contributed by atoms with van der Waals surface area (Å²) in [6.07, 6.45) is 2.83. The van der Waals surface area contributed by atoms with Crippen LogP contribution in [0.1, 0.15) is 40.0 Å². The molecule has 0 heterocycles. The highest BCUT2D eigenvalue weighted by Gasteiger charge is 2.01. The Bertz CT molecular complexity index is 175. The van der Waals surface area contributed by atoms with Crippen LogP contribution in [0.25, 0.3) is 0 Å². The molecule has 0 amide bonds. The van der Waals surface area contributed by atoms with E-state index in [0.717, 1.165) is 25.3 Å². The van der Waals surface area contributed by atoms with E-state index in [0.29, 0.717) is 12.5 Å². The number of nitriles is 1. The fraction of sp³-hybridized carbons (Fsp3) is 0.917. The molecular formula is C12H24N2S. The molecule has 1 N–H and O–H groups in total. The molecule has 1 atom stereocenters. The van der Waals surface area contributed by atoms with Gasteiger partial charge in [0.2, 0.25) is 0 Å². The molecule has 0 radical (unpaired) electrons. The molecule has 0 saturated heterocycles. The zero-order chi connectivity index (χ0) is 11.5. The van der Waals surface area contributed by atoms with Gasteiger partial charge in [-0.25, -0.2) is 0 Å². The second-order valence-corrected chi connectivity index (χ2v) is 5.48. The predicted molar refractivity (Wildman–Crippen MR) is 69.1 cm³/mol. The van der Waals surface area contributed by atoms with E-state index in [1.165, 1.54) is 11.5 Å². The normalized spacial score (nSPS) is 12.7. The van der Waals surface area contributed by atoms with Crippen molar-refractivity contribution >= 4 is 11.8 Å². The average Bonchev–Trinajstić information content (AvgIpc) is 2.17.